The van der Waals surface area contributed by atoms with E-state index in [0.717, 1.165) is 11.8 Å². The van der Waals surface area contributed by atoms with E-state index in [1.165, 1.54) is 0 Å². The minimum absolute atomic E-state index is 0.261. The predicted molar refractivity (Wildman–Crippen MR) is 82.6 cm³/mol. The van der Waals surface area contributed by atoms with Crippen LogP contribution in [0.3, 0.4) is 0 Å². The standard InChI is InChI=1S/C18H16O4/c1-2-21-18(20)17(12-13-19)14-8-10-16(11-9-14)22-15-6-4-3-5-7-15/h3-12,17H,2H2,1H3. The van der Waals surface area contributed by atoms with Gasteiger partial charge in [-0.25, -0.2) is 4.79 Å². The van der Waals surface area contributed by atoms with Crippen molar-refractivity contribution in [3.63, 3.8) is 0 Å². The molecule has 1 unspecified atom stereocenters. The number of benzene rings is 2. The number of rotatable bonds is 6. The highest BCUT2D eigenvalue weighted by Gasteiger charge is 2.19. The van der Waals surface area contributed by atoms with E-state index in [0.29, 0.717) is 11.3 Å². The Labute approximate surface area is 129 Å². The van der Waals surface area contributed by atoms with E-state index < -0.39 is 11.9 Å². The van der Waals surface area contributed by atoms with E-state index in [1.54, 1.807) is 37.1 Å². The molecule has 0 fully saturated rings. The van der Waals surface area contributed by atoms with Crippen LogP contribution in [0.15, 0.2) is 60.7 Å². The van der Waals surface area contributed by atoms with Crippen LogP contribution in [0.1, 0.15) is 18.4 Å². The maximum atomic E-state index is 11.8. The lowest BCUT2D eigenvalue weighted by atomic mass is 9.99. The summed E-state index contributed by atoms with van der Waals surface area (Å²) in [6.07, 6.45) is 1.16. The van der Waals surface area contributed by atoms with Gasteiger partial charge >= 0.3 is 5.97 Å². The molecule has 4 nitrogen and oxygen atoms in total. The van der Waals surface area contributed by atoms with Crippen molar-refractivity contribution >= 4 is 11.9 Å². The average molecular weight is 296 g/mol. The topological polar surface area (TPSA) is 52.6 Å². The largest absolute Gasteiger partial charge is 0.465 e. The van der Waals surface area contributed by atoms with Crippen LogP contribution in [0.25, 0.3) is 0 Å². The van der Waals surface area contributed by atoms with Crippen LogP contribution >= 0.6 is 0 Å². The van der Waals surface area contributed by atoms with E-state index in [9.17, 15) is 9.59 Å². The first-order chi connectivity index (χ1) is 10.7. The van der Waals surface area contributed by atoms with E-state index in [4.69, 9.17) is 9.47 Å². The summed E-state index contributed by atoms with van der Waals surface area (Å²) in [5.74, 6) is 1.81. The first kappa shape index (κ1) is 15.5. The Morgan fingerprint density at radius 1 is 1.09 bits per heavy atom. The summed E-state index contributed by atoms with van der Waals surface area (Å²) in [7, 11) is 0. The number of hydrogen-bond acceptors (Lipinski definition) is 4. The van der Waals surface area contributed by atoms with Crippen molar-refractivity contribution in [3.8, 4) is 11.5 Å². The fourth-order valence-electron chi connectivity index (χ4n) is 1.97. The zero-order valence-corrected chi connectivity index (χ0v) is 12.2. The normalized spacial score (nSPS) is 11.1. The average Bonchev–Trinajstić information content (AvgIpc) is 2.55. The minimum atomic E-state index is -0.747. The summed E-state index contributed by atoms with van der Waals surface area (Å²) in [6, 6.07) is 16.3. The fraction of sp³-hybridized carbons (Fsp3) is 0.167. The smallest absolute Gasteiger partial charge is 0.318 e. The first-order valence-corrected chi connectivity index (χ1v) is 6.95. The van der Waals surface area contributed by atoms with Gasteiger partial charge in [0.15, 0.2) is 0 Å². The number of ether oxygens (including phenoxy) is 2. The van der Waals surface area contributed by atoms with Crippen LogP contribution in [-0.2, 0) is 14.3 Å². The van der Waals surface area contributed by atoms with Gasteiger partial charge in [-0.05, 0) is 36.8 Å². The van der Waals surface area contributed by atoms with E-state index >= 15 is 0 Å². The molecule has 0 aliphatic carbocycles. The van der Waals surface area contributed by atoms with Crippen molar-refractivity contribution in [1.82, 2.24) is 0 Å². The molecule has 0 bridgehead atoms. The molecule has 0 saturated heterocycles. The molecular formula is C18H16O4. The maximum Gasteiger partial charge on any atom is 0.318 e. The lowest BCUT2D eigenvalue weighted by Gasteiger charge is -2.12. The van der Waals surface area contributed by atoms with Gasteiger partial charge in [0.2, 0.25) is 0 Å². The third-order valence-corrected chi connectivity index (χ3v) is 2.99. The number of esters is 1. The Balaban J connectivity index is 2.15. The molecule has 0 radical (unpaired) electrons. The molecule has 0 saturated carbocycles. The summed E-state index contributed by atoms with van der Waals surface area (Å²) in [4.78, 5) is 22.4. The van der Waals surface area contributed by atoms with Gasteiger partial charge in [-0.15, -0.1) is 0 Å². The third kappa shape index (κ3) is 4.08. The second-order valence-electron chi connectivity index (χ2n) is 4.50. The molecule has 2 aromatic carbocycles. The summed E-state index contributed by atoms with van der Waals surface area (Å²) in [6.45, 7) is 1.98. The van der Waals surface area contributed by atoms with Crippen LogP contribution in [-0.4, -0.2) is 18.5 Å². The van der Waals surface area contributed by atoms with Crippen molar-refractivity contribution in [2.75, 3.05) is 6.61 Å². The molecule has 0 heterocycles. The summed E-state index contributed by atoms with van der Waals surface area (Å²) in [5, 5.41) is 0. The molecule has 1 atom stereocenters. The summed E-state index contributed by atoms with van der Waals surface area (Å²) >= 11 is 0. The summed E-state index contributed by atoms with van der Waals surface area (Å²) in [5.41, 5.74) is 0.655. The Bertz CT molecular complexity index is 655. The molecule has 2 rings (SSSR count). The summed E-state index contributed by atoms with van der Waals surface area (Å²) < 4.78 is 10.6. The van der Waals surface area contributed by atoms with Gasteiger partial charge < -0.3 is 9.47 Å². The molecule has 0 aliphatic rings. The van der Waals surface area contributed by atoms with Gasteiger partial charge in [-0.3, -0.25) is 4.79 Å². The van der Waals surface area contributed by atoms with Gasteiger partial charge in [0.05, 0.1) is 6.61 Å². The lowest BCUT2D eigenvalue weighted by Crippen LogP contribution is -2.14. The second-order valence-corrected chi connectivity index (χ2v) is 4.50. The second kappa shape index (κ2) is 7.81. The van der Waals surface area contributed by atoms with E-state index in [2.05, 4.69) is 0 Å². The molecule has 2 aromatic rings. The van der Waals surface area contributed by atoms with Crippen molar-refractivity contribution < 1.29 is 19.1 Å². The highest BCUT2D eigenvalue weighted by atomic mass is 16.5. The Hall–Kier alpha value is -2.84. The Morgan fingerprint density at radius 2 is 1.73 bits per heavy atom. The Morgan fingerprint density at radius 3 is 2.32 bits per heavy atom. The van der Waals surface area contributed by atoms with E-state index in [1.807, 2.05) is 30.3 Å². The molecule has 0 aromatic heterocycles. The van der Waals surface area contributed by atoms with Crippen LogP contribution < -0.4 is 4.74 Å². The number of para-hydroxylation sites is 1. The molecule has 0 amide bonds. The molecule has 22 heavy (non-hydrogen) atoms. The van der Waals surface area contributed by atoms with E-state index in [-0.39, 0.29) is 6.61 Å². The zero-order chi connectivity index (χ0) is 15.8. The first-order valence-electron chi connectivity index (χ1n) is 6.95. The highest BCUT2D eigenvalue weighted by Crippen LogP contribution is 2.25. The van der Waals surface area contributed by atoms with Crippen LogP contribution in [0.5, 0.6) is 11.5 Å². The van der Waals surface area contributed by atoms with Gasteiger partial charge in [0.1, 0.15) is 23.4 Å². The van der Waals surface area contributed by atoms with Crippen molar-refractivity contribution in [2.24, 2.45) is 0 Å². The van der Waals surface area contributed by atoms with Gasteiger partial charge in [0, 0.05) is 6.08 Å². The predicted octanol–water partition coefficient (Wildman–Crippen LogP) is 3.51. The fourth-order valence-corrected chi connectivity index (χ4v) is 1.97. The molecule has 112 valence electrons. The number of carbonyl (C=O) groups is 1. The highest BCUT2D eigenvalue weighted by molar-refractivity contribution is 5.82. The maximum absolute atomic E-state index is 11.8. The van der Waals surface area contributed by atoms with Crippen molar-refractivity contribution in [3.05, 3.63) is 66.2 Å². The van der Waals surface area contributed by atoms with Gasteiger partial charge in [-0.2, -0.15) is 0 Å². The third-order valence-electron chi connectivity index (χ3n) is 2.99. The quantitative estimate of drug-likeness (QED) is 0.604. The monoisotopic (exact) mass is 296 g/mol. The van der Waals surface area contributed by atoms with Crippen LogP contribution in [0.4, 0.5) is 0 Å². The van der Waals surface area contributed by atoms with Crippen LogP contribution in [0, 0.1) is 0 Å². The molecule has 0 spiro atoms. The molecule has 4 heteroatoms. The number of carbonyl (C=O) groups excluding carboxylic acids is 2. The van der Waals surface area contributed by atoms with Crippen LogP contribution in [0.2, 0.25) is 0 Å². The van der Waals surface area contributed by atoms with Crippen molar-refractivity contribution in [1.29, 1.82) is 0 Å². The molecular weight excluding hydrogens is 280 g/mol. The molecule has 0 aliphatic heterocycles. The molecule has 0 N–H and O–H groups in total. The Kier molecular flexibility index (Phi) is 5.52. The van der Waals surface area contributed by atoms with Crippen molar-refractivity contribution in [2.45, 2.75) is 12.8 Å². The van der Waals surface area contributed by atoms with Gasteiger partial charge in [-0.1, -0.05) is 30.3 Å². The van der Waals surface area contributed by atoms with Gasteiger partial charge in [0.25, 0.3) is 0 Å². The lowest BCUT2D eigenvalue weighted by molar-refractivity contribution is -0.143. The SMILES string of the molecule is CCOC(=O)C(C=C=O)c1ccc(Oc2ccccc2)cc1. The number of hydrogen-bond donors (Lipinski definition) is 0. The minimum Gasteiger partial charge on any atom is -0.465 e. The zero-order valence-electron chi connectivity index (χ0n) is 12.2.